The number of benzene rings is 1. The molecule has 3 rings (SSSR count). The highest BCUT2D eigenvalue weighted by Gasteiger charge is 2.24. The van der Waals surface area contributed by atoms with Crippen LogP contribution in [0.1, 0.15) is 45.0 Å². The first-order chi connectivity index (χ1) is 12.7. The van der Waals surface area contributed by atoms with Gasteiger partial charge in [0.05, 0.1) is 16.3 Å². The van der Waals surface area contributed by atoms with Crippen LogP contribution in [0.2, 0.25) is 0 Å². The van der Waals surface area contributed by atoms with Crippen molar-refractivity contribution in [2.75, 3.05) is 4.72 Å². The Labute approximate surface area is 160 Å². The maximum atomic E-state index is 14.8. The summed E-state index contributed by atoms with van der Waals surface area (Å²) < 4.78 is 39.1. The molecule has 0 aliphatic rings. The van der Waals surface area contributed by atoms with Gasteiger partial charge in [-0.25, -0.2) is 9.53 Å². The van der Waals surface area contributed by atoms with Crippen LogP contribution in [0.25, 0.3) is 0 Å². The van der Waals surface area contributed by atoms with Crippen molar-refractivity contribution < 1.29 is 17.6 Å². The van der Waals surface area contributed by atoms with Gasteiger partial charge in [0.15, 0.2) is 0 Å². The third kappa shape index (κ3) is 4.10. The molecule has 3 aromatic rings. The molecule has 0 saturated heterocycles. The van der Waals surface area contributed by atoms with Gasteiger partial charge in [-0.1, -0.05) is 25.1 Å². The number of aromatic nitrogens is 1. The van der Waals surface area contributed by atoms with Crippen LogP contribution in [0.15, 0.2) is 41.8 Å². The second kappa shape index (κ2) is 7.26. The fraction of sp³-hybridized carbons (Fsp3) is 0.167. The van der Waals surface area contributed by atoms with Gasteiger partial charge in [0.25, 0.3) is 10.2 Å². The number of ketones is 1. The summed E-state index contributed by atoms with van der Waals surface area (Å²) in [5.74, 6) is -1.06. The quantitative estimate of drug-likeness (QED) is 0.544. The highest BCUT2D eigenvalue weighted by molar-refractivity contribution is 7.90. The third-order valence-corrected chi connectivity index (χ3v) is 5.67. The molecule has 0 saturated carbocycles. The van der Waals surface area contributed by atoms with Crippen molar-refractivity contribution in [3.63, 3.8) is 0 Å². The highest BCUT2D eigenvalue weighted by Crippen LogP contribution is 2.30. The first-order valence-corrected chi connectivity index (χ1v) is 10.5. The molecule has 1 atom stereocenters. The smallest absolute Gasteiger partial charge is 0.296 e. The topological polar surface area (TPSA) is 105 Å². The summed E-state index contributed by atoms with van der Waals surface area (Å²) in [5.41, 5.74) is 1.89. The lowest BCUT2D eigenvalue weighted by molar-refractivity contribution is 0.103. The molecule has 0 radical (unpaired) electrons. The average molecular weight is 407 g/mol. The molecule has 0 bridgehead atoms. The monoisotopic (exact) mass is 407 g/mol. The number of halogens is 1. The summed E-state index contributed by atoms with van der Waals surface area (Å²) in [6.45, 7) is 3.37. The Morgan fingerprint density at radius 1 is 1.26 bits per heavy atom. The highest BCUT2D eigenvalue weighted by atomic mass is 32.2. The second-order valence-corrected chi connectivity index (χ2v) is 8.39. The van der Waals surface area contributed by atoms with Crippen LogP contribution in [-0.4, -0.2) is 19.2 Å². The van der Waals surface area contributed by atoms with Gasteiger partial charge in [-0.15, -0.1) is 11.3 Å². The molecule has 0 aliphatic heterocycles. The van der Waals surface area contributed by atoms with E-state index in [2.05, 4.69) is 9.71 Å². The normalized spacial score (nSPS) is 12.7. The van der Waals surface area contributed by atoms with Gasteiger partial charge in [-0.2, -0.15) is 8.42 Å². The molecular formula is C18H18FN3O3S2. The number of hydrogen-bond acceptors (Lipinski definition) is 4. The minimum Gasteiger partial charge on any atom is -0.352 e. The number of carbonyl (C=O) groups is 1. The van der Waals surface area contributed by atoms with Gasteiger partial charge in [0, 0.05) is 17.2 Å². The number of H-pyrrole nitrogens is 1. The summed E-state index contributed by atoms with van der Waals surface area (Å²) in [5, 5.41) is 6.73. The molecule has 0 spiro atoms. The number of thiophene rings is 1. The van der Waals surface area contributed by atoms with E-state index in [0.29, 0.717) is 16.3 Å². The van der Waals surface area contributed by atoms with Gasteiger partial charge < -0.3 is 4.98 Å². The number of hydrogen-bond donors (Lipinski definition) is 3. The van der Waals surface area contributed by atoms with Gasteiger partial charge in [-0.05, 0) is 36.1 Å². The Balaban J connectivity index is 1.90. The van der Waals surface area contributed by atoms with E-state index in [1.54, 1.807) is 55.6 Å². The predicted octanol–water partition coefficient (Wildman–Crippen LogP) is 3.52. The standard InChI is InChI=1S/C18H18FN3O3S2/c1-10(12-5-7-13(8-6-12)22-27(20,24)25)16-15(19)11(2)17(21-16)18(23)14-4-3-9-26-14/h3-10,21-22H,1-2H3,(H2,20,24,25). The van der Waals surface area contributed by atoms with Crippen molar-refractivity contribution >= 4 is 33.0 Å². The van der Waals surface area contributed by atoms with E-state index in [1.807, 2.05) is 0 Å². The molecule has 27 heavy (non-hydrogen) atoms. The summed E-state index contributed by atoms with van der Waals surface area (Å²) in [6.07, 6.45) is 0. The molecule has 1 unspecified atom stereocenters. The van der Waals surface area contributed by atoms with E-state index < -0.39 is 16.0 Å². The summed E-state index contributed by atoms with van der Waals surface area (Å²) in [4.78, 5) is 16.0. The SMILES string of the molecule is Cc1c(C(=O)c2cccs2)[nH]c(C(C)c2ccc(NS(N)(=O)=O)cc2)c1F. The van der Waals surface area contributed by atoms with Crippen molar-refractivity contribution in [3.8, 4) is 0 Å². The number of rotatable bonds is 6. The number of nitrogens with two attached hydrogens (primary N) is 1. The first-order valence-electron chi connectivity index (χ1n) is 8.04. The lowest BCUT2D eigenvalue weighted by atomic mass is 9.97. The number of aromatic amines is 1. The zero-order valence-electron chi connectivity index (χ0n) is 14.6. The minimum absolute atomic E-state index is 0.240. The van der Waals surface area contributed by atoms with Crippen LogP contribution in [0, 0.1) is 12.7 Å². The van der Waals surface area contributed by atoms with Gasteiger partial charge in [0.2, 0.25) is 5.78 Å². The van der Waals surface area contributed by atoms with Crippen LogP contribution in [0.3, 0.4) is 0 Å². The largest absolute Gasteiger partial charge is 0.352 e. The van der Waals surface area contributed by atoms with Crippen LogP contribution in [-0.2, 0) is 10.2 Å². The van der Waals surface area contributed by atoms with Crippen LogP contribution < -0.4 is 9.86 Å². The lowest BCUT2D eigenvalue weighted by Crippen LogP contribution is -2.21. The van der Waals surface area contributed by atoms with Crippen LogP contribution in [0.4, 0.5) is 10.1 Å². The van der Waals surface area contributed by atoms with Crippen molar-refractivity contribution in [1.82, 2.24) is 4.98 Å². The van der Waals surface area contributed by atoms with E-state index in [9.17, 15) is 17.6 Å². The van der Waals surface area contributed by atoms with Gasteiger partial charge >= 0.3 is 0 Å². The van der Waals surface area contributed by atoms with Crippen molar-refractivity contribution in [2.24, 2.45) is 5.14 Å². The molecule has 0 amide bonds. The average Bonchev–Trinajstić information content (AvgIpc) is 3.23. The Morgan fingerprint density at radius 2 is 1.93 bits per heavy atom. The summed E-state index contributed by atoms with van der Waals surface area (Å²) in [7, 11) is -3.86. The Bertz CT molecular complexity index is 1070. The molecular weight excluding hydrogens is 389 g/mol. The molecule has 9 heteroatoms. The van der Waals surface area contributed by atoms with E-state index in [4.69, 9.17) is 5.14 Å². The van der Waals surface area contributed by atoms with Crippen LogP contribution >= 0.6 is 11.3 Å². The maximum absolute atomic E-state index is 14.8. The second-order valence-electron chi connectivity index (χ2n) is 6.15. The Morgan fingerprint density at radius 3 is 2.48 bits per heavy atom. The van der Waals surface area contributed by atoms with Gasteiger partial charge in [-0.3, -0.25) is 9.52 Å². The molecule has 2 aromatic heterocycles. The molecule has 1 aromatic carbocycles. The molecule has 0 aliphatic carbocycles. The predicted molar refractivity (Wildman–Crippen MR) is 104 cm³/mol. The van der Waals surface area contributed by atoms with Crippen molar-refractivity contribution in [2.45, 2.75) is 19.8 Å². The fourth-order valence-electron chi connectivity index (χ4n) is 2.82. The van der Waals surface area contributed by atoms with E-state index in [1.165, 1.54) is 11.3 Å². The number of nitrogens with one attached hydrogen (secondary N) is 2. The summed E-state index contributed by atoms with van der Waals surface area (Å²) in [6, 6.07) is 9.91. The van der Waals surface area contributed by atoms with E-state index in [0.717, 1.165) is 5.56 Å². The Hall–Kier alpha value is -2.49. The van der Waals surface area contributed by atoms with E-state index >= 15 is 0 Å². The number of carbonyl (C=O) groups excluding carboxylic acids is 1. The zero-order chi connectivity index (χ0) is 19.8. The molecule has 6 nitrogen and oxygen atoms in total. The molecule has 0 fully saturated rings. The van der Waals surface area contributed by atoms with Gasteiger partial charge in [0.1, 0.15) is 5.82 Å². The fourth-order valence-corrected chi connectivity index (χ4v) is 3.96. The van der Waals surface area contributed by atoms with Crippen LogP contribution in [0.5, 0.6) is 0 Å². The molecule has 4 N–H and O–H groups in total. The van der Waals surface area contributed by atoms with Crippen molar-refractivity contribution in [1.29, 1.82) is 0 Å². The molecule has 2 heterocycles. The van der Waals surface area contributed by atoms with Crippen molar-refractivity contribution in [3.05, 3.63) is 75.0 Å². The zero-order valence-corrected chi connectivity index (χ0v) is 16.2. The Kier molecular flexibility index (Phi) is 5.18. The minimum atomic E-state index is -3.86. The first kappa shape index (κ1) is 19.3. The third-order valence-electron chi connectivity index (χ3n) is 4.28. The van der Waals surface area contributed by atoms with E-state index in [-0.39, 0.29) is 23.0 Å². The molecule has 142 valence electrons. The number of anilines is 1. The lowest BCUT2D eigenvalue weighted by Gasteiger charge is -2.12. The maximum Gasteiger partial charge on any atom is 0.296 e. The summed E-state index contributed by atoms with van der Waals surface area (Å²) >= 11 is 1.30.